The van der Waals surface area contributed by atoms with Crippen LogP contribution in [0.5, 0.6) is 0 Å². The monoisotopic (exact) mass is 576 g/mol. The first-order valence-electron chi connectivity index (χ1n) is 9.60. The van der Waals surface area contributed by atoms with Gasteiger partial charge in [-0.05, 0) is 6.07 Å². The molecule has 0 aliphatic heterocycles. The summed E-state index contributed by atoms with van der Waals surface area (Å²) in [7, 11) is -3.44. The van der Waals surface area contributed by atoms with E-state index in [1.807, 2.05) is 0 Å². The number of oxime groups is 1. The van der Waals surface area contributed by atoms with E-state index in [0.29, 0.717) is 17.0 Å². The van der Waals surface area contributed by atoms with Gasteiger partial charge in [0.1, 0.15) is 5.69 Å². The van der Waals surface area contributed by atoms with E-state index in [4.69, 9.17) is 0 Å². The predicted octanol–water partition coefficient (Wildman–Crippen LogP) is 5.03. The lowest BCUT2D eigenvalue weighted by Gasteiger charge is -2.23. The van der Waals surface area contributed by atoms with Gasteiger partial charge in [-0.15, -0.1) is 0 Å². The molecule has 0 bridgehead atoms. The molecule has 0 fully saturated rings. The number of imidazole rings is 1. The van der Waals surface area contributed by atoms with Gasteiger partial charge in [-0.25, -0.2) is 17.8 Å². The second-order valence-electron chi connectivity index (χ2n) is 7.28. The Morgan fingerprint density at radius 3 is 2.14 bits per heavy atom. The van der Waals surface area contributed by atoms with Crippen LogP contribution >= 0.6 is 0 Å². The molecule has 2 aromatic rings. The second kappa shape index (κ2) is 10.1. The van der Waals surface area contributed by atoms with Gasteiger partial charge in [0, 0.05) is 18.8 Å². The van der Waals surface area contributed by atoms with E-state index in [9.17, 15) is 56.7 Å². The Morgan fingerprint density at radius 2 is 1.62 bits per heavy atom. The van der Waals surface area contributed by atoms with Gasteiger partial charge in [-0.1, -0.05) is 12.1 Å². The highest BCUT2D eigenvalue weighted by atomic mass is 32.2. The van der Waals surface area contributed by atoms with Crippen LogP contribution in [0.15, 0.2) is 28.5 Å². The van der Waals surface area contributed by atoms with Gasteiger partial charge in [0.25, 0.3) is 0 Å². The number of halogens is 11. The van der Waals surface area contributed by atoms with E-state index < -0.39 is 74.7 Å². The third-order valence-corrected chi connectivity index (χ3v) is 6.46. The number of pyridine rings is 1. The quantitative estimate of drug-likeness (QED) is 0.238. The molecule has 0 saturated heterocycles. The van der Waals surface area contributed by atoms with Gasteiger partial charge in [-0.2, -0.15) is 43.9 Å². The molecule has 0 saturated carbocycles. The van der Waals surface area contributed by atoms with Crippen molar-refractivity contribution in [1.29, 1.82) is 0 Å². The summed E-state index contributed by atoms with van der Waals surface area (Å²) in [6.07, 6.45) is -14.4. The summed E-state index contributed by atoms with van der Waals surface area (Å²) in [6.45, 7) is -1.03. The van der Waals surface area contributed by atoms with Gasteiger partial charge in [0.15, 0.2) is 22.3 Å². The minimum atomic E-state index is -6.25. The highest BCUT2D eigenvalue weighted by Gasteiger charge is 2.64. The van der Waals surface area contributed by atoms with Gasteiger partial charge < -0.3 is 9.40 Å². The highest BCUT2D eigenvalue weighted by Crippen LogP contribution is 2.47. The number of aromatic nitrogens is 3. The van der Waals surface area contributed by atoms with Gasteiger partial charge in [0.05, 0.1) is 28.8 Å². The zero-order valence-corrected chi connectivity index (χ0v) is 19.2. The zero-order valence-electron chi connectivity index (χ0n) is 18.4. The number of hydrogen-bond acceptors (Lipinski definition) is 6. The lowest BCUT2D eigenvalue weighted by molar-refractivity contribution is -0.305. The average Bonchev–Trinajstić information content (AvgIpc) is 3.15. The molecule has 1 atom stereocenters. The maximum Gasteiger partial charge on any atom is 0.457 e. The standard InChI is InChI=1S/C18H15F11N4O3S/c1-3-37(34,35)11-4-9(6-32-36-8-15(20,21)17(24,25)26)5-30-12(11)14-31-7-10(33(14)2)13(19)16(22,23)18(27,28)29/h4-7,13H,3,8H2,1-2H3/b32-6-. The highest BCUT2D eigenvalue weighted by molar-refractivity contribution is 7.91. The predicted molar refractivity (Wildman–Crippen MR) is 104 cm³/mol. The summed E-state index contributed by atoms with van der Waals surface area (Å²) in [4.78, 5) is 10.4. The van der Waals surface area contributed by atoms with Crippen LogP contribution < -0.4 is 0 Å². The van der Waals surface area contributed by atoms with Crippen LogP contribution in [0.2, 0.25) is 0 Å². The number of alkyl halides is 11. The van der Waals surface area contributed by atoms with E-state index in [1.54, 1.807) is 0 Å². The fraction of sp³-hybridized carbons (Fsp3) is 0.500. The fourth-order valence-electron chi connectivity index (χ4n) is 2.60. The molecule has 0 spiro atoms. The topological polar surface area (TPSA) is 86.4 Å². The molecule has 7 nitrogen and oxygen atoms in total. The van der Waals surface area contributed by atoms with E-state index >= 15 is 0 Å². The molecule has 208 valence electrons. The van der Waals surface area contributed by atoms with Crippen LogP contribution in [-0.2, 0) is 21.7 Å². The largest absolute Gasteiger partial charge is 0.457 e. The summed E-state index contributed by atoms with van der Waals surface area (Å²) in [6, 6.07) is 0.779. The molecule has 19 heteroatoms. The molecular formula is C18H15F11N4O3S. The van der Waals surface area contributed by atoms with Crippen molar-refractivity contribution in [2.24, 2.45) is 12.2 Å². The average molecular weight is 576 g/mol. The van der Waals surface area contributed by atoms with Crippen LogP contribution in [0.4, 0.5) is 48.3 Å². The maximum atomic E-state index is 14.2. The van der Waals surface area contributed by atoms with Crippen molar-refractivity contribution in [2.75, 3.05) is 12.4 Å². The Balaban J connectivity index is 2.47. The van der Waals surface area contributed by atoms with Gasteiger partial charge in [0.2, 0.25) is 6.17 Å². The maximum absolute atomic E-state index is 14.2. The first-order chi connectivity index (χ1) is 16.7. The Kier molecular flexibility index (Phi) is 8.21. The smallest absolute Gasteiger partial charge is 0.389 e. The lowest BCUT2D eigenvalue weighted by atomic mass is 10.1. The molecule has 2 aromatic heterocycles. The van der Waals surface area contributed by atoms with E-state index in [0.717, 1.165) is 26.2 Å². The van der Waals surface area contributed by atoms with Gasteiger partial charge in [-0.3, -0.25) is 4.98 Å². The molecule has 1 unspecified atom stereocenters. The van der Waals surface area contributed by atoms with Crippen molar-refractivity contribution < 1.29 is 61.5 Å². The third kappa shape index (κ3) is 6.12. The Morgan fingerprint density at radius 1 is 1.03 bits per heavy atom. The van der Waals surface area contributed by atoms with Crippen LogP contribution in [0, 0.1) is 0 Å². The van der Waals surface area contributed by atoms with E-state index in [1.165, 1.54) is 0 Å². The van der Waals surface area contributed by atoms with Crippen LogP contribution in [0.3, 0.4) is 0 Å². The minimum absolute atomic E-state index is 0.312. The summed E-state index contributed by atoms with van der Waals surface area (Å²) in [5, 5.41) is 2.89. The van der Waals surface area contributed by atoms with Gasteiger partial charge >= 0.3 is 24.2 Å². The lowest BCUT2D eigenvalue weighted by Crippen LogP contribution is -2.41. The number of nitrogens with zero attached hydrogens (tertiary/aromatic N) is 4. The van der Waals surface area contributed by atoms with Crippen LogP contribution in [0.1, 0.15) is 24.4 Å². The molecule has 37 heavy (non-hydrogen) atoms. The van der Waals surface area contributed by atoms with E-state index in [2.05, 4.69) is 20.0 Å². The van der Waals surface area contributed by atoms with Crippen molar-refractivity contribution in [2.45, 2.75) is 42.2 Å². The van der Waals surface area contributed by atoms with E-state index in [-0.39, 0.29) is 5.56 Å². The fourth-order valence-corrected chi connectivity index (χ4v) is 3.66. The van der Waals surface area contributed by atoms with Crippen molar-refractivity contribution >= 4 is 16.1 Å². The molecule has 0 aliphatic carbocycles. The molecular weight excluding hydrogens is 561 g/mol. The van der Waals surface area contributed by atoms with Crippen molar-refractivity contribution in [3.05, 3.63) is 29.7 Å². The van der Waals surface area contributed by atoms with Crippen molar-refractivity contribution in [3.8, 4) is 11.5 Å². The molecule has 0 amide bonds. The summed E-state index contributed by atoms with van der Waals surface area (Å²) < 4.78 is 166. The normalized spacial score (nSPS) is 14.8. The first kappa shape index (κ1) is 30.2. The Bertz CT molecular complexity index is 1250. The van der Waals surface area contributed by atoms with Crippen LogP contribution in [0.25, 0.3) is 11.5 Å². The number of hydrogen-bond donors (Lipinski definition) is 0. The first-order valence-corrected chi connectivity index (χ1v) is 11.3. The molecule has 2 rings (SSSR count). The molecule has 0 aromatic carbocycles. The Hall–Kier alpha value is -2.99. The molecule has 0 radical (unpaired) electrons. The Labute approximate surface area is 200 Å². The second-order valence-corrected chi connectivity index (χ2v) is 9.52. The van der Waals surface area contributed by atoms with Crippen molar-refractivity contribution in [3.63, 3.8) is 0 Å². The zero-order chi connectivity index (χ0) is 28.6. The third-order valence-electron chi connectivity index (χ3n) is 4.72. The summed E-state index contributed by atoms with van der Waals surface area (Å²) >= 11 is 0. The number of sulfone groups is 1. The molecule has 0 N–H and O–H groups in total. The summed E-state index contributed by atoms with van der Waals surface area (Å²) in [5.74, 6) is -12.3. The van der Waals surface area contributed by atoms with Crippen LogP contribution in [-0.4, -0.2) is 65.7 Å². The molecule has 0 aliphatic rings. The van der Waals surface area contributed by atoms with Crippen molar-refractivity contribution in [1.82, 2.24) is 14.5 Å². The SMILES string of the molecule is CCS(=O)(=O)c1cc(/C=N\OCC(F)(F)C(F)(F)F)cnc1-c1ncc(C(F)C(F)(F)C(F)(F)F)n1C. The summed E-state index contributed by atoms with van der Waals surface area (Å²) in [5.41, 5.74) is -2.18. The number of rotatable bonds is 9. The molecule has 2 heterocycles. The minimum Gasteiger partial charge on any atom is -0.389 e.